The standard InChI is InChI=1S/C21H17ClN4O3/c22-13-6-2-4-8-15(13)26-20(28)16(19(27)25-21(26)29)18-17-12(9-10-23-18)11-5-1-3-7-14(11)24-17/h1-8,18,23-24,28H,9-10H2,(H,25,27,29)/t18-/m0/s1. The van der Waals surface area contributed by atoms with E-state index < -0.39 is 23.2 Å². The summed E-state index contributed by atoms with van der Waals surface area (Å²) in [5, 5.41) is 15.7. The number of benzene rings is 2. The van der Waals surface area contributed by atoms with Gasteiger partial charge in [-0.2, -0.15) is 0 Å². The van der Waals surface area contributed by atoms with Crippen molar-refractivity contribution in [3.05, 3.63) is 91.2 Å². The van der Waals surface area contributed by atoms with Gasteiger partial charge in [-0.25, -0.2) is 9.36 Å². The van der Waals surface area contributed by atoms with Gasteiger partial charge in [-0.1, -0.05) is 41.9 Å². The molecule has 0 radical (unpaired) electrons. The van der Waals surface area contributed by atoms with Crippen LogP contribution in [0, 0.1) is 0 Å². The Balaban J connectivity index is 1.77. The highest BCUT2D eigenvalue weighted by Crippen LogP contribution is 2.35. The molecule has 146 valence electrons. The van der Waals surface area contributed by atoms with E-state index in [4.69, 9.17) is 11.6 Å². The van der Waals surface area contributed by atoms with Crippen LogP contribution in [0.3, 0.4) is 0 Å². The van der Waals surface area contributed by atoms with Gasteiger partial charge in [0.2, 0.25) is 5.88 Å². The highest BCUT2D eigenvalue weighted by molar-refractivity contribution is 6.32. The summed E-state index contributed by atoms with van der Waals surface area (Å²) in [5.74, 6) is -0.434. The number of nitrogens with one attached hydrogen (secondary N) is 3. The molecule has 1 atom stereocenters. The third kappa shape index (κ3) is 2.70. The van der Waals surface area contributed by atoms with Gasteiger partial charge < -0.3 is 15.4 Å². The van der Waals surface area contributed by atoms with Gasteiger partial charge in [-0.15, -0.1) is 0 Å². The van der Waals surface area contributed by atoms with Crippen molar-refractivity contribution in [2.24, 2.45) is 0 Å². The van der Waals surface area contributed by atoms with Gasteiger partial charge in [0.25, 0.3) is 5.56 Å². The maximum absolute atomic E-state index is 12.7. The third-order valence-electron chi connectivity index (χ3n) is 5.36. The molecule has 0 bridgehead atoms. The number of nitrogens with zero attached hydrogens (tertiary/aromatic N) is 1. The lowest BCUT2D eigenvalue weighted by Gasteiger charge is -2.25. The fourth-order valence-electron chi connectivity index (χ4n) is 4.08. The Bertz CT molecular complexity index is 1370. The summed E-state index contributed by atoms with van der Waals surface area (Å²) in [6, 6.07) is 14.0. The predicted molar refractivity (Wildman–Crippen MR) is 111 cm³/mol. The van der Waals surface area contributed by atoms with Crippen molar-refractivity contribution in [2.45, 2.75) is 12.5 Å². The van der Waals surface area contributed by atoms with E-state index in [1.165, 1.54) is 0 Å². The molecule has 2 aromatic carbocycles. The number of aromatic hydroxyl groups is 1. The van der Waals surface area contributed by atoms with E-state index in [9.17, 15) is 14.7 Å². The van der Waals surface area contributed by atoms with Crippen molar-refractivity contribution in [1.82, 2.24) is 19.9 Å². The molecule has 0 saturated carbocycles. The van der Waals surface area contributed by atoms with Gasteiger partial charge in [0.1, 0.15) is 5.56 Å². The molecule has 0 saturated heterocycles. The second kappa shape index (κ2) is 6.65. The zero-order chi connectivity index (χ0) is 20.1. The van der Waals surface area contributed by atoms with Crippen molar-refractivity contribution in [1.29, 1.82) is 0 Å². The average Bonchev–Trinajstić information content (AvgIpc) is 3.09. The summed E-state index contributed by atoms with van der Waals surface area (Å²) in [6.45, 7) is 0.629. The predicted octanol–water partition coefficient (Wildman–Crippen LogP) is 2.60. The molecule has 4 N–H and O–H groups in total. The molecule has 5 rings (SSSR count). The van der Waals surface area contributed by atoms with Gasteiger partial charge in [-0.05, 0) is 30.2 Å². The summed E-state index contributed by atoms with van der Waals surface area (Å²) >= 11 is 6.23. The molecule has 2 aromatic heterocycles. The van der Waals surface area contributed by atoms with Crippen LogP contribution in [-0.4, -0.2) is 26.2 Å². The molecule has 3 heterocycles. The first-order chi connectivity index (χ1) is 14.1. The summed E-state index contributed by atoms with van der Waals surface area (Å²) in [5.41, 5.74) is 1.83. The molecule has 7 nitrogen and oxygen atoms in total. The molecule has 29 heavy (non-hydrogen) atoms. The monoisotopic (exact) mass is 408 g/mol. The normalized spacial score (nSPS) is 16.1. The molecular formula is C21H17ClN4O3. The van der Waals surface area contributed by atoms with Crippen molar-refractivity contribution >= 4 is 22.5 Å². The van der Waals surface area contributed by atoms with Crippen LogP contribution in [0.1, 0.15) is 22.9 Å². The summed E-state index contributed by atoms with van der Waals surface area (Å²) in [4.78, 5) is 30.9. The lowest BCUT2D eigenvalue weighted by atomic mass is 9.95. The minimum absolute atomic E-state index is 0.0667. The molecule has 8 heteroatoms. The van der Waals surface area contributed by atoms with Gasteiger partial charge in [0.15, 0.2) is 0 Å². The Morgan fingerprint density at radius 2 is 1.79 bits per heavy atom. The largest absolute Gasteiger partial charge is 0.494 e. The van der Waals surface area contributed by atoms with Crippen molar-refractivity contribution in [3.63, 3.8) is 0 Å². The summed E-state index contributed by atoms with van der Waals surface area (Å²) < 4.78 is 1.03. The number of rotatable bonds is 2. The Morgan fingerprint density at radius 1 is 1.03 bits per heavy atom. The minimum atomic E-state index is -0.753. The van der Waals surface area contributed by atoms with E-state index in [1.807, 2.05) is 24.3 Å². The molecule has 0 spiro atoms. The lowest BCUT2D eigenvalue weighted by molar-refractivity contribution is 0.410. The molecule has 0 unspecified atom stereocenters. The smallest absolute Gasteiger partial charge is 0.335 e. The highest BCUT2D eigenvalue weighted by atomic mass is 35.5. The van der Waals surface area contributed by atoms with Crippen molar-refractivity contribution in [3.8, 4) is 11.6 Å². The van der Waals surface area contributed by atoms with Crippen molar-refractivity contribution < 1.29 is 5.11 Å². The summed E-state index contributed by atoms with van der Waals surface area (Å²) in [6.07, 6.45) is 0.790. The van der Waals surface area contributed by atoms with Crippen LogP contribution in [0.4, 0.5) is 0 Å². The number of hydrogen-bond acceptors (Lipinski definition) is 4. The third-order valence-corrected chi connectivity index (χ3v) is 5.68. The van der Waals surface area contributed by atoms with Crippen LogP contribution in [0.5, 0.6) is 5.88 Å². The van der Waals surface area contributed by atoms with E-state index in [1.54, 1.807) is 24.3 Å². The van der Waals surface area contributed by atoms with Crippen LogP contribution in [0.15, 0.2) is 58.1 Å². The first-order valence-electron chi connectivity index (χ1n) is 9.22. The maximum atomic E-state index is 12.7. The first-order valence-corrected chi connectivity index (χ1v) is 9.60. The number of halogens is 1. The molecule has 4 aromatic rings. The number of aromatic nitrogens is 3. The molecular weight excluding hydrogens is 392 g/mol. The quantitative estimate of drug-likeness (QED) is 0.409. The van der Waals surface area contributed by atoms with Crippen LogP contribution in [-0.2, 0) is 6.42 Å². The Hall–Kier alpha value is -3.29. The SMILES string of the molecule is O=c1[nH]c(=O)n(-c2ccccc2Cl)c(O)c1[C@@H]1NCCc2c1[nH]c1ccccc21. The number of H-pyrrole nitrogens is 2. The Morgan fingerprint density at radius 3 is 2.62 bits per heavy atom. The molecule has 0 aliphatic carbocycles. The van der Waals surface area contributed by atoms with Gasteiger partial charge in [-0.3, -0.25) is 9.78 Å². The van der Waals surface area contributed by atoms with Crippen LogP contribution >= 0.6 is 11.6 Å². The first kappa shape index (κ1) is 17.8. The topological polar surface area (TPSA) is 103 Å². The van der Waals surface area contributed by atoms with Crippen molar-refractivity contribution in [2.75, 3.05) is 6.54 Å². The zero-order valence-corrected chi connectivity index (χ0v) is 16.0. The van der Waals surface area contributed by atoms with Crippen LogP contribution in [0.25, 0.3) is 16.6 Å². The summed E-state index contributed by atoms with van der Waals surface area (Å²) in [7, 11) is 0. The van der Waals surface area contributed by atoms with E-state index in [0.29, 0.717) is 12.2 Å². The fourth-order valence-corrected chi connectivity index (χ4v) is 4.30. The average molecular weight is 409 g/mol. The highest BCUT2D eigenvalue weighted by Gasteiger charge is 2.31. The van der Waals surface area contributed by atoms with E-state index >= 15 is 0 Å². The van der Waals surface area contributed by atoms with Gasteiger partial charge in [0, 0.05) is 23.1 Å². The Kier molecular flexibility index (Phi) is 4.08. The van der Waals surface area contributed by atoms with Crippen LogP contribution in [0.2, 0.25) is 5.02 Å². The van der Waals surface area contributed by atoms with Crippen LogP contribution < -0.4 is 16.6 Å². The second-order valence-corrected chi connectivity index (χ2v) is 7.39. The van der Waals surface area contributed by atoms with E-state index in [-0.39, 0.29) is 10.6 Å². The molecule has 1 aliphatic rings. The maximum Gasteiger partial charge on any atom is 0.335 e. The number of aromatic amines is 2. The number of para-hydroxylation sites is 2. The van der Waals surface area contributed by atoms with Gasteiger partial charge in [0.05, 0.1) is 16.8 Å². The van der Waals surface area contributed by atoms with E-state index in [2.05, 4.69) is 15.3 Å². The lowest BCUT2D eigenvalue weighted by Crippen LogP contribution is -2.38. The fraction of sp³-hybridized carbons (Fsp3) is 0.143. The minimum Gasteiger partial charge on any atom is -0.494 e. The van der Waals surface area contributed by atoms with E-state index in [0.717, 1.165) is 33.1 Å². The molecule has 0 fully saturated rings. The number of hydrogen-bond donors (Lipinski definition) is 4. The van der Waals surface area contributed by atoms with Gasteiger partial charge >= 0.3 is 5.69 Å². The molecule has 0 amide bonds. The second-order valence-electron chi connectivity index (χ2n) is 6.98. The number of fused-ring (bicyclic) bond motifs is 3. The Labute approximate surface area is 169 Å². The zero-order valence-electron chi connectivity index (χ0n) is 15.2. The molecule has 1 aliphatic heterocycles.